The lowest BCUT2D eigenvalue weighted by molar-refractivity contribution is -0.137. The van der Waals surface area contributed by atoms with Gasteiger partial charge in [0.25, 0.3) is 5.91 Å². The summed E-state index contributed by atoms with van der Waals surface area (Å²) in [4.78, 5) is 17.1. The molecule has 2 aromatic heterocycles. The quantitative estimate of drug-likeness (QED) is 0.779. The van der Waals surface area contributed by atoms with Gasteiger partial charge in [-0.3, -0.25) is 4.79 Å². The lowest BCUT2D eigenvalue weighted by Crippen LogP contribution is -2.26. The first-order valence-corrected chi connectivity index (χ1v) is 7.08. The maximum Gasteiger partial charge on any atom is 0.417 e. The second-order valence-corrected chi connectivity index (χ2v) is 5.75. The topological polar surface area (TPSA) is 33.2 Å². The Morgan fingerprint density at radius 3 is 2.52 bits per heavy atom. The highest BCUT2D eigenvalue weighted by Crippen LogP contribution is 2.36. The van der Waals surface area contributed by atoms with Crippen LogP contribution in [0.25, 0.3) is 0 Å². The molecule has 2 rings (SSSR count). The third kappa shape index (κ3) is 3.48. The van der Waals surface area contributed by atoms with E-state index in [1.807, 2.05) is 0 Å². The second kappa shape index (κ2) is 5.82. The van der Waals surface area contributed by atoms with Crippen LogP contribution in [0.4, 0.5) is 18.2 Å². The van der Waals surface area contributed by atoms with Gasteiger partial charge in [0.1, 0.15) is 5.69 Å². The summed E-state index contributed by atoms with van der Waals surface area (Å²) in [5.74, 6) is -0.618. The van der Waals surface area contributed by atoms with Crippen molar-refractivity contribution in [3.63, 3.8) is 0 Å². The molecular weight excluding hydrogens is 348 g/mol. The molecule has 0 aromatic carbocycles. The zero-order valence-corrected chi connectivity index (χ0v) is 12.7. The number of amides is 1. The number of halogens is 5. The fourth-order valence-corrected chi connectivity index (χ4v) is 2.83. The van der Waals surface area contributed by atoms with Gasteiger partial charge in [0.05, 0.1) is 20.6 Å². The first-order chi connectivity index (χ1) is 9.70. The van der Waals surface area contributed by atoms with Crippen LogP contribution in [0.15, 0.2) is 23.7 Å². The van der Waals surface area contributed by atoms with E-state index in [2.05, 4.69) is 4.98 Å². The van der Waals surface area contributed by atoms with Crippen molar-refractivity contribution >= 4 is 45.4 Å². The molecule has 3 nitrogen and oxygen atoms in total. The normalized spacial score (nSPS) is 11.5. The summed E-state index contributed by atoms with van der Waals surface area (Å²) < 4.78 is 37.7. The maximum absolute atomic E-state index is 12.6. The van der Waals surface area contributed by atoms with Crippen molar-refractivity contribution in [2.75, 3.05) is 11.9 Å². The molecule has 0 aliphatic carbocycles. The van der Waals surface area contributed by atoms with Crippen LogP contribution >= 0.6 is 34.5 Å². The predicted octanol–water partition coefficient (Wildman–Crippen LogP) is 4.75. The van der Waals surface area contributed by atoms with E-state index < -0.39 is 17.6 Å². The van der Waals surface area contributed by atoms with E-state index >= 15 is 0 Å². The predicted molar refractivity (Wildman–Crippen MR) is 76.3 cm³/mol. The van der Waals surface area contributed by atoms with Crippen LogP contribution < -0.4 is 4.90 Å². The smallest absolute Gasteiger partial charge is 0.301 e. The van der Waals surface area contributed by atoms with E-state index in [1.165, 1.54) is 19.3 Å². The van der Waals surface area contributed by atoms with Gasteiger partial charge in [-0.15, -0.1) is 11.3 Å². The first-order valence-electron chi connectivity index (χ1n) is 5.45. The van der Waals surface area contributed by atoms with Gasteiger partial charge < -0.3 is 4.90 Å². The average molecular weight is 355 g/mol. The van der Waals surface area contributed by atoms with E-state index in [0.717, 1.165) is 27.7 Å². The molecule has 0 saturated carbocycles. The van der Waals surface area contributed by atoms with Crippen LogP contribution in [-0.2, 0) is 6.18 Å². The fourth-order valence-electron chi connectivity index (χ4n) is 1.48. The fraction of sp³-hybridized carbons (Fsp3) is 0.167. The Morgan fingerprint density at radius 1 is 1.33 bits per heavy atom. The molecule has 21 heavy (non-hydrogen) atoms. The number of rotatable bonds is 2. The lowest BCUT2D eigenvalue weighted by Gasteiger charge is -2.15. The molecule has 0 aliphatic rings. The molecule has 0 unspecified atom stereocenters. The monoisotopic (exact) mass is 354 g/mol. The molecule has 0 N–H and O–H groups in total. The van der Waals surface area contributed by atoms with Gasteiger partial charge in [-0.2, -0.15) is 13.2 Å². The van der Waals surface area contributed by atoms with E-state index in [4.69, 9.17) is 23.2 Å². The summed E-state index contributed by atoms with van der Waals surface area (Å²) in [5, 5.41) is 1.37. The largest absolute Gasteiger partial charge is 0.417 e. The second-order valence-electron chi connectivity index (χ2n) is 4.02. The van der Waals surface area contributed by atoms with Crippen LogP contribution in [0.1, 0.15) is 16.1 Å². The summed E-state index contributed by atoms with van der Waals surface area (Å²) in [5.41, 5.74) is -0.886. The highest BCUT2D eigenvalue weighted by molar-refractivity contribution is 7.14. The lowest BCUT2D eigenvalue weighted by atomic mass is 10.3. The Kier molecular flexibility index (Phi) is 4.46. The number of thiophene rings is 1. The van der Waals surface area contributed by atoms with Crippen molar-refractivity contribution in [1.82, 2.24) is 4.98 Å². The van der Waals surface area contributed by atoms with Crippen molar-refractivity contribution in [2.45, 2.75) is 6.18 Å². The van der Waals surface area contributed by atoms with E-state index in [-0.39, 0.29) is 20.7 Å². The summed E-state index contributed by atoms with van der Waals surface area (Å²) in [6, 6.07) is 2.24. The van der Waals surface area contributed by atoms with E-state index in [1.54, 1.807) is 0 Å². The third-order valence-electron chi connectivity index (χ3n) is 2.56. The minimum Gasteiger partial charge on any atom is -0.301 e. The van der Waals surface area contributed by atoms with Gasteiger partial charge in [-0.25, -0.2) is 4.98 Å². The van der Waals surface area contributed by atoms with Crippen LogP contribution in [0.3, 0.4) is 0 Å². The van der Waals surface area contributed by atoms with Gasteiger partial charge in [-0.1, -0.05) is 23.2 Å². The summed E-state index contributed by atoms with van der Waals surface area (Å²) in [7, 11) is 1.35. The Hall–Kier alpha value is -1.31. The molecule has 9 heteroatoms. The molecule has 2 aromatic rings. The van der Waals surface area contributed by atoms with Crippen LogP contribution in [0.5, 0.6) is 0 Å². The number of nitrogens with zero attached hydrogens (tertiary/aromatic N) is 2. The van der Waals surface area contributed by atoms with E-state index in [9.17, 15) is 18.0 Å². The first kappa shape index (κ1) is 16.1. The molecular formula is C12H7Cl2F3N2OS. The molecule has 0 aliphatic heterocycles. The minimum absolute atomic E-state index is 0.0342. The molecule has 0 atom stereocenters. The Bertz CT molecular complexity index is 687. The summed E-state index contributed by atoms with van der Waals surface area (Å²) in [6.45, 7) is 0. The Labute approximate surface area is 131 Å². The summed E-state index contributed by atoms with van der Waals surface area (Å²) in [6.07, 6.45) is -3.21. The number of hydrogen-bond acceptors (Lipinski definition) is 3. The van der Waals surface area contributed by atoms with Crippen molar-refractivity contribution in [3.8, 4) is 0 Å². The SMILES string of the molecule is CN(C(=O)c1ncc(Cl)cc1Cl)c1cc(C(F)(F)F)cs1. The van der Waals surface area contributed by atoms with E-state index in [0.29, 0.717) is 0 Å². The van der Waals surface area contributed by atoms with Crippen molar-refractivity contribution in [2.24, 2.45) is 0 Å². The standard InChI is InChI=1S/C12H7Cl2F3N2OS/c1-19(9-2-6(5-21-9)12(15,16)17)11(20)10-8(14)3-7(13)4-18-10/h2-5H,1H3. The van der Waals surface area contributed by atoms with Gasteiger partial charge >= 0.3 is 6.18 Å². The van der Waals surface area contributed by atoms with Crippen LogP contribution in [0.2, 0.25) is 10.0 Å². The van der Waals surface area contributed by atoms with Crippen LogP contribution in [0, 0.1) is 0 Å². The number of anilines is 1. The van der Waals surface area contributed by atoms with Gasteiger partial charge in [0.2, 0.25) is 0 Å². The van der Waals surface area contributed by atoms with Crippen molar-refractivity contribution in [1.29, 1.82) is 0 Å². The molecule has 112 valence electrons. The van der Waals surface area contributed by atoms with Gasteiger partial charge in [0, 0.05) is 18.6 Å². The highest BCUT2D eigenvalue weighted by atomic mass is 35.5. The number of aromatic nitrogens is 1. The summed E-state index contributed by atoms with van der Waals surface area (Å²) >= 11 is 12.3. The average Bonchev–Trinajstić information content (AvgIpc) is 2.86. The molecule has 0 radical (unpaired) electrons. The van der Waals surface area contributed by atoms with Crippen LogP contribution in [-0.4, -0.2) is 17.9 Å². The zero-order chi connectivity index (χ0) is 15.8. The molecule has 0 saturated heterocycles. The molecule has 2 heterocycles. The third-order valence-corrected chi connectivity index (χ3v) is 4.06. The van der Waals surface area contributed by atoms with Crippen molar-refractivity contribution in [3.05, 3.63) is 45.0 Å². The Morgan fingerprint density at radius 2 is 2.00 bits per heavy atom. The number of pyridine rings is 1. The number of alkyl halides is 3. The molecule has 0 spiro atoms. The zero-order valence-electron chi connectivity index (χ0n) is 10.4. The highest BCUT2D eigenvalue weighted by Gasteiger charge is 2.32. The maximum atomic E-state index is 12.6. The minimum atomic E-state index is -4.45. The number of carbonyl (C=O) groups is 1. The van der Waals surface area contributed by atoms with Gasteiger partial charge in [0.15, 0.2) is 0 Å². The molecule has 0 fully saturated rings. The molecule has 1 amide bonds. The number of hydrogen-bond donors (Lipinski definition) is 0. The Balaban J connectivity index is 2.29. The molecule has 0 bridgehead atoms. The number of carbonyl (C=O) groups excluding carboxylic acids is 1. The van der Waals surface area contributed by atoms with Crippen molar-refractivity contribution < 1.29 is 18.0 Å². The van der Waals surface area contributed by atoms with Gasteiger partial charge in [-0.05, 0) is 12.1 Å².